The Morgan fingerprint density at radius 1 is 0.413 bits per heavy atom. The summed E-state index contributed by atoms with van der Waals surface area (Å²) in [5.74, 6) is 1.67. The molecule has 3 fully saturated rings. The van der Waals surface area contributed by atoms with Crippen molar-refractivity contribution in [2.24, 2.45) is 11.8 Å². The number of aryl methyl sites for hydroxylation is 1. The molecule has 10 rings (SSSR count). The van der Waals surface area contributed by atoms with Crippen molar-refractivity contribution in [1.82, 2.24) is 19.6 Å². The molecule has 0 radical (unpaired) electrons. The Balaban J connectivity index is 0.000000147. The quantitative estimate of drug-likeness (QED) is 0.136. The van der Waals surface area contributed by atoms with Crippen LogP contribution in [0.1, 0.15) is 41.5 Å². The predicted molar refractivity (Wildman–Crippen MR) is 268 cm³/mol. The number of hydrogen-bond donors (Lipinski definition) is 0. The largest absolute Gasteiger partial charge is 0.369 e. The minimum absolute atomic E-state index is 0.829. The summed E-state index contributed by atoms with van der Waals surface area (Å²) >= 11 is 0. The third-order valence-electron chi connectivity index (χ3n) is 12.8. The molecule has 0 aliphatic carbocycles. The van der Waals surface area contributed by atoms with E-state index in [2.05, 4.69) is 171 Å². The lowest BCUT2D eigenvalue weighted by Crippen LogP contribution is -2.48. The Hall–Kier alpha value is -5.30. The van der Waals surface area contributed by atoms with Crippen LogP contribution >= 0.6 is 0 Å². The Bertz CT molecular complexity index is 2080. The van der Waals surface area contributed by atoms with E-state index >= 15 is 0 Å². The third kappa shape index (κ3) is 16.1. The summed E-state index contributed by atoms with van der Waals surface area (Å²) in [7, 11) is 0. The van der Waals surface area contributed by atoms with E-state index in [-0.39, 0.29) is 0 Å². The fourth-order valence-electron chi connectivity index (χ4n) is 9.36. The van der Waals surface area contributed by atoms with Crippen LogP contribution in [-0.2, 0) is 13.1 Å². The lowest BCUT2D eigenvalue weighted by molar-refractivity contribution is 0.214. The molecule has 0 N–H and O–H groups in total. The van der Waals surface area contributed by atoms with E-state index in [4.69, 9.17) is 0 Å². The van der Waals surface area contributed by atoms with Crippen LogP contribution in [-0.4, -0.2) is 98.1 Å². The van der Waals surface area contributed by atoms with E-state index in [9.17, 15) is 0 Å². The maximum atomic E-state index is 2.68. The van der Waals surface area contributed by atoms with Crippen molar-refractivity contribution < 1.29 is 0 Å². The van der Waals surface area contributed by atoms with Gasteiger partial charge in [0.05, 0.1) is 0 Å². The van der Waals surface area contributed by atoms with Gasteiger partial charge >= 0.3 is 0 Å². The van der Waals surface area contributed by atoms with E-state index in [0.717, 1.165) is 44.6 Å². The Labute approximate surface area is 380 Å². The zero-order valence-electron chi connectivity index (χ0n) is 37.9. The van der Waals surface area contributed by atoms with Gasteiger partial charge in [0, 0.05) is 84.2 Å². The average molecular weight is 838 g/mol. The van der Waals surface area contributed by atoms with Crippen molar-refractivity contribution in [2.75, 3.05) is 83.4 Å². The highest BCUT2D eigenvalue weighted by molar-refractivity contribution is 5.66. The van der Waals surface area contributed by atoms with Gasteiger partial charge in [0.25, 0.3) is 0 Å². The molecule has 0 aromatic heterocycles. The van der Waals surface area contributed by atoms with E-state index in [1.165, 1.54) is 112 Å². The first-order valence-corrected chi connectivity index (χ1v) is 23.7. The van der Waals surface area contributed by atoms with Crippen LogP contribution in [0.3, 0.4) is 0 Å². The van der Waals surface area contributed by atoms with Crippen LogP contribution in [0.2, 0.25) is 0 Å². The van der Waals surface area contributed by atoms with Crippen LogP contribution in [0.5, 0.6) is 0 Å². The predicted octanol–water partition coefficient (Wildman–Crippen LogP) is 11.3. The lowest BCUT2D eigenvalue weighted by Gasteiger charge is -2.37. The molecule has 2 atom stereocenters. The van der Waals surface area contributed by atoms with Crippen LogP contribution in [0.25, 0.3) is 5.57 Å². The maximum Gasteiger partial charge on any atom is 0.0367 e. The highest BCUT2D eigenvalue weighted by atomic mass is 15.3. The Morgan fingerprint density at radius 2 is 0.841 bits per heavy atom. The molecule has 4 heterocycles. The average Bonchev–Trinajstić information content (AvgIpc) is 4.00. The van der Waals surface area contributed by atoms with Gasteiger partial charge in [-0.15, -0.1) is 0 Å². The molecule has 4 aliphatic heterocycles. The zero-order chi connectivity index (χ0) is 43.2. The maximum absolute atomic E-state index is 2.68. The summed E-state index contributed by atoms with van der Waals surface area (Å²) < 4.78 is 0. The molecular formula is C58H71N5. The van der Waals surface area contributed by atoms with Crippen molar-refractivity contribution in [3.05, 3.63) is 216 Å². The van der Waals surface area contributed by atoms with Gasteiger partial charge in [-0.1, -0.05) is 188 Å². The minimum atomic E-state index is 0.829. The summed E-state index contributed by atoms with van der Waals surface area (Å²) in [4.78, 5) is 13.1. The second-order valence-electron chi connectivity index (χ2n) is 17.8. The zero-order valence-corrected chi connectivity index (χ0v) is 37.9. The Kier molecular flexibility index (Phi) is 18.7. The van der Waals surface area contributed by atoms with Gasteiger partial charge in [-0.05, 0) is 85.5 Å². The second kappa shape index (κ2) is 25.7. The summed E-state index contributed by atoms with van der Waals surface area (Å²) in [6.07, 6.45) is 6.32. The molecule has 6 aromatic carbocycles. The highest BCUT2D eigenvalue weighted by Gasteiger charge is 2.27. The molecule has 0 spiro atoms. The standard InChI is InChI=1S/C23H28N2.C22H29N3.C7H8.C6H6/c1-3-7-20(8-4-1)17-25-14-11-21(19-25)18-24-15-12-23(13-16-24)22-9-5-2-6-10-22;1-3-7-20(8-4-1)17-24-12-11-21(19-24)18-23-13-15-25(16-14-23)22-9-5-2-6-10-22;1-7-5-3-2-4-6-7;1-2-4-6-5-3-1/h1-10,12,21H,11,13-19H2;1-10,21H,11-19H2;2-6H,1H3;1-6H/t2*21-;;/m00../s1. The molecule has 0 saturated carbocycles. The van der Waals surface area contributed by atoms with Crippen LogP contribution in [0, 0.1) is 18.8 Å². The van der Waals surface area contributed by atoms with Gasteiger partial charge in [-0.2, -0.15) is 0 Å². The summed E-state index contributed by atoms with van der Waals surface area (Å²) in [6.45, 7) is 18.9. The van der Waals surface area contributed by atoms with Gasteiger partial charge < -0.3 is 4.90 Å². The number of para-hydroxylation sites is 1. The third-order valence-corrected chi connectivity index (χ3v) is 12.8. The normalized spacial score (nSPS) is 19.4. The fraction of sp³-hybridized carbons (Fsp3) is 0.345. The van der Waals surface area contributed by atoms with Crippen molar-refractivity contribution in [3.8, 4) is 0 Å². The fourth-order valence-corrected chi connectivity index (χ4v) is 9.36. The van der Waals surface area contributed by atoms with Gasteiger partial charge in [0.2, 0.25) is 0 Å². The number of likely N-dealkylation sites (tertiary alicyclic amines) is 2. The van der Waals surface area contributed by atoms with Gasteiger partial charge in [-0.25, -0.2) is 0 Å². The molecule has 6 aromatic rings. The highest BCUT2D eigenvalue weighted by Crippen LogP contribution is 2.26. The van der Waals surface area contributed by atoms with Crippen LogP contribution < -0.4 is 4.90 Å². The van der Waals surface area contributed by atoms with Gasteiger partial charge in [0.15, 0.2) is 0 Å². The van der Waals surface area contributed by atoms with Crippen molar-refractivity contribution >= 4 is 11.3 Å². The first kappa shape index (κ1) is 45.7. The molecule has 4 aliphatic rings. The number of anilines is 1. The smallest absolute Gasteiger partial charge is 0.0367 e. The Morgan fingerprint density at radius 3 is 1.29 bits per heavy atom. The number of nitrogens with zero attached hydrogens (tertiary/aromatic N) is 5. The van der Waals surface area contributed by atoms with E-state index < -0.39 is 0 Å². The number of rotatable bonds is 10. The monoisotopic (exact) mass is 838 g/mol. The van der Waals surface area contributed by atoms with Crippen LogP contribution in [0.15, 0.2) is 194 Å². The topological polar surface area (TPSA) is 16.2 Å². The molecule has 328 valence electrons. The molecule has 63 heavy (non-hydrogen) atoms. The van der Waals surface area contributed by atoms with Gasteiger partial charge in [0.1, 0.15) is 0 Å². The minimum Gasteiger partial charge on any atom is -0.369 e. The SMILES string of the molecule is C1=C(c2ccccc2)CCN(C[C@@H]2CCN(Cc3ccccc3)C2)C1.Cc1ccccc1.c1ccc(CN2CC[C@@H](CN3CCN(c4ccccc4)CC3)C2)cc1.c1ccccc1. The lowest BCUT2D eigenvalue weighted by atomic mass is 9.98. The summed E-state index contributed by atoms with van der Waals surface area (Å²) in [5, 5.41) is 0. The summed E-state index contributed by atoms with van der Waals surface area (Å²) in [5.41, 5.74) is 8.50. The molecule has 0 unspecified atom stereocenters. The van der Waals surface area contributed by atoms with Crippen LogP contribution in [0.4, 0.5) is 5.69 Å². The van der Waals surface area contributed by atoms with Crippen molar-refractivity contribution in [3.63, 3.8) is 0 Å². The molecule has 3 saturated heterocycles. The first-order chi connectivity index (χ1) is 31.1. The second-order valence-corrected chi connectivity index (χ2v) is 17.8. The first-order valence-electron chi connectivity index (χ1n) is 23.7. The summed E-state index contributed by atoms with van der Waals surface area (Å²) in [6, 6.07) is 65.7. The molecule has 5 nitrogen and oxygen atoms in total. The number of benzene rings is 6. The van der Waals surface area contributed by atoms with Gasteiger partial charge in [-0.3, -0.25) is 19.6 Å². The van der Waals surface area contributed by atoms with E-state index in [1.54, 1.807) is 0 Å². The molecule has 0 bridgehead atoms. The molecular weight excluding hydrogens is 767 g/mol. The number of piperazine rings is 1. The number of hydrogen-bond acceptors (Lipinski definition) is 5. The van der Waals surface area contributed by atoms with E-state index in [0.29, 0.717) is 0 Å². The molecule has 0 amide bonds. The van der Waals surface area contributed by atoms with Crippen molar-refractivity contribution in [1.29, 1.82) is 0 Å². The van der Waals surface area contributed by atoms with E-state index in [1.807, 2.05) is 54.6 Å². The van der Waals surface area contributed by atoms with Crippen molar-refractivity contribution in [2.45, 2.75) is 39.3 Å². The molecule has 5 heteroatoms.